The highest BCUT2D eigenvalue weighted by molar-refractivity contribution is 5.26. The third-order valence-corrected chi connectivity index (χ3v) is 3.53. The third kappa shape index (κ3) is 3.25. The molecule has 0 spiro atoms. The third-order valence-electron chi connectivity index (χ3n) is 3.53. The fourth-order valence-electron chi connectivity index (χ4n) is 2.22. The van der Waals surface area contributed by atoms with Crippen LogP contribution in [0.5, 0.6) is 0 Å². The van der Waals surface area contributed by atoms with Crippen molar-refractivity contribution in [2.45, 2.75) is 39.2 Å². The van der Waals surface area contributed by atoms with E-state index in [2.05, 4.69) is 41.4 Å². The van der Waals surface area contributed by atoms with Gasteiger partial charge in [0.15, 0.2) is 5.82 Å². The topological polar surface area (TPSA) is 42.7 Å². The van der Waals surface area contributed by atoms with Crippen molar-refractivity contribution in [1.82, 2.24) is 20.1 Å². The molecule has 0 radical (unpaired) electrons. The van der Waals surface area contributed by atoms with E-state index < -0.39 is 0 Å². The first kappa shape index (κ1) is 13.3. The van der Waals surface area contributed by atoms with Crippen molar-refractivity contribution in [1.29, 1.82) is 0 Å². The van der Waals surface area contributed by atoms with Crippen LogP contribution in [-0.4, -0.2) is 21.3 Å². The molecule has 1 saturated carbocycles. The molecule has 2 heterocycles. The van der Waals surface area contributed by atoms with E-state index >= 15 is 0 Å². The summed E-state index contributed by atoms with van der Waals surface area (Å²) in [5.41, 5.74) is 2.42. The van der Waals surface area contributed by atoms with Gasteiger partial charge in [0.2, 0.25) is 0 Å². The highest BCUT2D eigenvalue weighted by Gasteiger charge is 2.25. The molecule has 2 aromatic heterocycles. The highest BCUT2D eigenvalue weighted by Crippen LogP contribution is 2.38. The van der Waals surface area contributed by atoms with Crippen molar-refractivity contribution in [3.8, 4) is 5.82 Å². The van der Waals surface area contributed by atoms with Crippen LogP contribution in [0, 0.1) is 5.92 Å². The SMILES string of the molecule is CC(C)CNCc1ccc(-n2ccc(C3CC3)n2)nc1. The molecule has 0 aliphatic heterocycles. The van der Waals surface area contributed by atoms with Crippen LogP contribution in [0.4, 0.5) is 0 Å². The average Bonchev–Trinajstić information content (AvgIpc) is 3.17. The van der Waals surface area contributed by atoms with Crippen LogP contribution in [0.3, 0.4) is 0 Å². The first-order chi connectivity index (χ1) is 9.72. The van der Waals surface area contributed by atoms with Gasteiger partial charge in [-0.15, -0.1) is 0 Å². The normalized spacial score (nSPS) is 14.9. The second-order valence-corrected chi connectivity index (χ2v) is 6.01. The van der Waals surface area contributed by atoms with Gasteiger partial charge in [0.1, 0.15) is 0 Å². The number of nitrogens with one attached hydrogen (secondary N) is 1. The molecule has 1 aliphatic carbocycles. The summed E-state index contributed by atoms with van der Waals surface area (Å²) in [5.74, 6) is 2.26. The molecule has 0 bridgehead atoms. The second-order valence-electron chi connectivity index (χ2n) is 6.01. The standard InChI is InChI=1S/C16H22N4/c1-12(2)9-17-10-13-3-6-16(18-11-13)20-8-7-15(19-20)14-4-5-14/h3,6-8,11-12,14,17H,4-5,9-10H2,1-2H3. The van der Waals surface area contributed by atoms with Gasteiger partial charge < -0.3 is 5.32 Å². The lowest BCUT2D eigenvalue weighted by atomic mass is 10.2. The minimum absolute atomic E-state index is 0.673. The lowest BCUT2D eigenvalue weighted by Gasteiger charge is -2.07. The zero-order valence-electron chi connectivity index (χ0n) is 12.2. The van der Waals surface area contributed by atoms with E-state index in [-0.39, 0.29) is 0 Å². The molecule has 1 fully saturated rings. The van der Waals surface area contributed by atoms with E-state index in [4.69, 9.17) is 0 Å². The van der Waals surface area contributed by atoms with Crippen LogP contribution in [0.2, 0.25) is 0 Å². The maximum atomic E-state index is 4.60. The number of hydrogen-bond donors (Lipinski definition) is 1. The molecular formula is C16H22N4. The Balaban J connectivity index is 1.62. The van der Waals surface area contributed by atoms with Gasteiger partial charge in [-0.1, -0.05) is 19.9 Å². The molecule has 1 aliphatic rings. The van der Waals surface area contributed by atoms with Gasteiger partial charge in [-0.05, 0) is 43.0 Å². The van der Waals surface area contributed by atoms with Crippen LogP contribution in [0.25, 0.3) is 5.82 Å². The van der Waals surface area contributed by atoms with Crippen molar-refractivity contribution in [2.24, 2.45) is 5.92 Å². The molecule has 1 N–H and O–H groups in total. The van der Waals surface area contributed by atoms with Crippen LogP contribution >= 0.6 is 0 Å². The summed E-state index contributed by atoms with van der Waals surface area (Å²) in [4.78, 5) is 4.50. The van der Waals surface area contributed by atoms with Crippen molar-refractivity contribution in [3.63, 3.8) is 0 Å². The Hall–Kier alpha value is -1.68. The maximum Gasteiger partial charge on any atom is 0.153 e. The molecule has 0 amide bonds. The summed E-state index contributed by atoms with van der Waals surface area (Å²) in [6, 6.07) is 6.27. The molecule has 0 aromatic carbocycles. The molecule has 4 nitrogen and oxygen atoms in total. The molecule has 0 saturated heterocycles. The second kappa shape index (κ2) is 5.75. The van der Waals surface area contributed by atoms with Crippen LogP contribution < -0.4 is 5.32 Å². The quantitative estimate of drug-likeness (QED) is 0.877. The van der Waals surface area contributed by atoms with Gasteiger partial charge >= 0.3 is 0 Å². The van der Waals surface area contributed by atoms with Gasteiger partial charge in [-0.3, -0.25) is 0 Å². The van der Waals surface area contributed by atoms with Crippen LogP contribution in [0.1, 0.15) is 43.9 Å². The van der Waals surface area contributed by atoms with Crippen molar-refractivity contribution in [3.05, 3.63) is 41.9 Å². The molecule has 2 aromatic rings. The summed E-state index contributed by atoms with van der Waals surface area (Å²) in [5, 5.41) is 8.02. The number of rotatable bonds is 6. The van der Waals surface area contributed by atoms with E-state index in [1.165, 1.54) is 24.1 Å². The Kier molecular flexibility index (Phi) is 3.83. The summed E-state index contributed by atoms with van der Waals surface area (Å²) in [6.07, 6.45) is 6.50. The summed E-state index contributed by atoms with van der Waals surface area (Å²) in [7, 11) is 0. The zero-order chi connectivity index (χ0) is 13.9. The molecular weight excluding hydrogens is 248 g/mol. The lowest BCUT2D eigenvalue weighted by molar-refractivity contribution is 0.552. The largest absolute Gasteiger partial charge is 0.312 e. The Morgan fingerprint density at radius 3 is 2.80 bits per heavy atom. The Morgan fingerprint density at radius 2 is 2.15 bits per heavy atom. The monoisotopic (exact) mass is 270 g/mol. The molecule has 20 heavy (non-hydrogen) atoms. The van der Waals surface area contributed by atoms with Gasteiger partial charge in [-0.25, -0.2) is 9.67 Å². The van der Waals surface area contributed by atoms with Crippen molar-refractivity contribution in [2.75, 3.05) is 6.54 Å². The molecule has 0 unspecified atom stereocenters. The van der Waals surface area contributed by atoms with Crippen molar-refractivity contribution < 1.29 is 0 Å². The predicted molar refractivity (Wildman–Crippen MR) is 79.9 cm³/mol. The van der Waals surface area contributed by atoms with Crippen LogP contribution in [0.15, 0.2) is 30.6 Å². The van der Waals surface area contributed by atoms with E-state index in [0.717, 1.165) is 18.9 Å². The Labute approximate surface area is 120 Å². The van der Waals surface area contributed by atoms with E-state index in [9.17, 15) is 0 Å². The van der Waals surface area contributed by atoms with Gasteiger partial charge in [0, 0.05) is 24.9 Å². The predicted octanol–water partition coefficient (Wildman–Crippen LogP) is 2.89. The maximum absolute atomic E-state index is 4.60. The first-order valence-electron chi connectivity index (χ1n) is 7.44. The zero-order valence-corrected chi connectivity index (χ0v) is 12.2. The number of nitrogens with zero attached hydrogens (tertiary/aromatic N) is 3. The minimum atomic E-state index is 0.673. The van der Waals surface area contributed by atoms with Crippen LogP contribution in [-0.2, 0) is 6.54 Å². The fourth-order valence-corrected chi connectivity index (χ4v) is 2.22. The van der Waals surface area contributed by atoms with Gasteiger partial charge in [0.25, 0.3) is 0 Å². The van der Waals surface area contributed by atoms with Gasteiger partial charge in [0.05, 0.1) is 5.69 Å². The minimum Gasteiger partial charge on any atom is -0.312 e. The molecule has 0 atom stereocenters. The van der Waals surface area contributed by atoms with Gasteiger partial charge in [-0.2, -0.15) is 5.10 Å². The molecule has 3 rings (SSSR count). The molecule has 4 heteroatoms. The summed E-state index contributed by atoms with van der Waals surface area (Å²) < 4.78 is 1.87. The number of hydrogen-bond acceptors (Lipinski definition) is 3. The number of pyridine rings is 1. The van der Waals surface area contributed by atoms with E-state index in [1.54, 1.807) is 0 Å². The Bertz CT molecular complexity index is 552. The lowest BCUT2D eigenvalue weighted by Crippen LogP contribution is -2.19. The first-order valence-corrected chi connectivity index (χ1v) is 7.44. The summed E-state index contributed by atoms with van der Waals surface area (Å²) in [6.45, 7) is 6.33. The smallest absolute Gasteiger partial charge is 0.153 e. The summed E-state index contributed by atoms with van der Waals surface area (Å²) >= 11 is 0. The van der Waals surface area contributed by atoms with E-state index in [1.807, 2.05) is 23.1 Å². The molecule has 106 valence electrons. The average molecular weight is 270 g/mol. The van der Waals surface area contributed by atoms with Crippen molar-refractivity contribution >= 4 is 0 Å². The van der Waals surface area contributed by atoms with E-state index in [0.29, 0.717) is 11.8 Å². The fraction of sp³-hybridized carbons (Fsp3) is 0.500. The highest BCUT2D eigenvalue weighted by atomic mass is 15.3. The number of aromatic nitrogens is 3. The Morgan fingerprint density at radius 1 is 1.30 bits per heavy atom.